The molecule has 0 aromatic heterocycles. The molecule has 0 radical (unpaired) electrons. The molecule has 0 bridgehead atoms. The van der Waals surface area contributed by atoms with Crippen LogP contribution in [0.1, 0.15) is 181 Å². The fraction of sp³-hybridized carbons (Fsp3) is 0.943. The van der Waals surface area contributed by atoms with E-state index in [0.717, 1.165) is 56.9 Å². The van der Waals surface area contributed by atoms with Crippen LogP contribution in [0.25, 0.3) is 0 Å². The highest BCUT2D eigenvalue weighted by Gasteiger charge is 2.14. The molecule has 0 aromatic carbocycles. The molecular weight excluding hydrogens is 562 g/mol. The lowest BCUT2D eigenvalue weighted by molar-refractivity contribution is -0.145. The van der Waals surface area contributed by atoms with Crippen molar-refractivity contribution >= 4 is 27.8 Å². The molecule has 1 atom stereocenters. The number of esters is 1. The summed E-state index contributed by atoms with van der Waals surface area (Å²) < 4.78 is 5.76. The number of halogens is 1. The van der Waals surface area contributed by atoms with Crippen LogP contribution in [0.4, 0.5) is 0 Å². The molecule has 0 saturated heterocycles. The minimum absolute atomic E-state index is 0.0301. The molecule has 1 amide bonds. The van der Waals surface area contributed by atoms with Crippen molar-refractivity contribution in [2.75, 3.05) is 25.0 Å². The van der Waals surface area contributed by atoms with Gasteiger partial charge in [0.2, 0.25) is 5.91 Å². The summed E-state index contributed by atoms with van der Waals surface area (Å²) in [6.07, 6.45) is 28.8. The van der Waals surface area contributed by atoms with Gasteiger partial charge in [0.1, 0.15) is 0 Å². The molecule has 0 aliphatic heterocycles. The summed E-state index contributed by atoms with van der Waals surface area (Å²) in [6, 6.07) is 0. The van der Waals surface area contributed by atoms with Gasteiger partial charge in [0.25, 0.3) is 0 Å². The van der Waals surface area contributed by atoms with Crippen molar-refractivity contribution in [3.63, 3.8) is 0 Å². The second-order valence-electron chi connectivity index (χ2n) is 12.1. The van der Waals surface area contributed by atoms with E-state index in [2.05, 4.69) is 41.6 Å². The summed E-state index contributed by atoms with van der Waals surface area (Å²) in [5.41, 5.74) is 0. The van der Waals surface area contributed by atoms with Crippen molar-refractivity contribution in [3.8, 4) is 0 Å². The highest BCUT2D eigenvalue weighted by Crippen LogP contribution is 2.20. The van der Waals surface area contributed by atoms with Crippen LogP contribution in [0.3, 0.4) is 0 Å². The van der Waals surface area contributed by atoms with E-state index in [1.807, 2.05) is 0 Å². The van der Waals surface area contributed by atoms with Crippen molar-refractivity contribution < 1.29 is 14.3 Å². The van der Waals surface area contributed by atoms with Crippen molar-refractivity contribution in [3.05, 3.63) is 0 Å². The van der Waals surface area contributed by atoms with E-state index in [9.17, 15) is 9.59 Å². The number of carbonyl (C=O) groups is 2. The first-order valence-electron chi connectivity index (χ1n) is 17.6. The first-order chi connectivity index (χ1) is 19.6. The van der Waals surface area contributed by atoms with Gasteiger partial charge in [-0.15, -0.1) is 0 Å². The Morgan fingerprint density at radius 1 is 0.575 bits per heavy atom. The summed E-state index contributed by atoms with van der Waals surface area (Å²) >= 11 is 3.49. The Morgan fingerprint density at radius 3 is 1.62 bits per heavy atom. The third-order valence-corrected chi connectivity index (χ3v) is 8.69. The maximum absolute atomic E-state index is 12.9. The molecule has 0 spiro atoms. The summed E-state index contributed by atoms with van der Waals surface area (Å²) in [5.74, 6) is 0.821. The minimum Gasteiger partial charge on any atom is -0.465 e. The Labute approximate surface area is 258 Å². The number of nitrogens with zero attached hydrogens (tertiary/aromatic N) is 1. The fourth-order valence-electron chi connectivity index (χ4n) is 5.39. The number of hydrogen-bond acceptors (Lipinski definition) is 3. The highest BCUT2D eigenvalue weighted by molar-refractivity contribution is 9.09. The van der Waals surface area contributed by atoms with E-state index in [0.29, 0.717) is 31.3 Å². The third-order valence-electron chi connectivity index (χ3n) is 8.13. The first kappa shape index (κ1) is 39.4. The topological polar surface area (TPSA) is 46.6 Å². The number of amides is 1. The largest absolute Gasteiger partial charge is 0.465 e. The molecule has 0 aliphatic rings. The van der Waals surface area contributed by atoms with Gasteiger partial charge >= 0.3 is 5.97 Å². The normalized spacial score (nSPS) is 12.0. The van der Waals surface area contributed by atoms with Crippen molar-refractivity contribution in [2.45, 2.75) is 181 Å². The van der Waals surface area contributed by atoms with Gasteiger partial charge in [0.05, 0.1) is 6.61 Å². The van der Waals surface area contributed by atoms with Crippen LogP contribution >= 0.6 is 15.9 Å². The average Bonchev–Trinajstić information content (AvgIpc) is 2.95. The number of ether oxygens (including phenoxy) is 1. The minimum atomic E-state index is -0.0301. The summed E-state index contributed by atoms with van der Waals surface area (Å²) in [5, 5.41) is 1.05. The number of unbranched alkanes of at least 4 members (excludes halogenated alkanes) is 16. The van der Waals surface area contributed by atoms with Crippen LogP contribution in [0.2, 0.25) is 0 Å². The number of hydrogen-bond donors (Lipinski definition) is 0. The molecule has 0 aromatic rings. The SMILES string of the molecule is CCCCCCCCC(CCCCCC)COC(=O)CCCCCN(CCCCCC)C(=O)CCCCCCBr. The standard InChI is InChI=1S/C35H68BrNO3/c1-4-7-10-13-14-19-26-33(25-18-11-8-5-2)32-40-35(39)28-21-17-24-31-37(30-23-12-9-6-3)34(38)27-20-15-16-22-29-36/h33H,4-32H2,1-3H3. The van der Waals surface area contributed by atoms with Gasteiger partial charge in [0.15, 0.2) is 0 Å². The zero-order valence-electron chi connectivity index (χ0n) is 27.1. The molecule has 0 aliphatic carbocycles. The van der Waals surface area contributed by atoms with Crippen LogP contribution < -0.4 is 0 Å². The van der Waals surface area contributed by atoms with E-state index >= 15 is 0 Å². The molecule has 0 heterocycles. The van der Waals surface area contributed by atoms with Gasteiger partial charge in [0, 0.05) is 31.3 Å². The number of carbonyl (C=O) groups excluding carboxylic acids is 2. The Morgan fingerprint density at radius 2 is 1.02 bits per heavy atom. The van der Waals surface area contributed by atoms with Crippen molar-refractivity contribution in [2.24, 2.45) is 5.92 Å². The Hall–Kier alpha value is -0.580. The van der Waals surface area contributed by atoms with Gasteiger partial charge in [-0.25, -0.2) is 0 Å². The molecule has 0 fully saturated rings. The second kappa shape index (κ2) is 31.4. The summed E-state index contributed by atoms with van der Waals surface area (Å²) in [4.78, 5) is 27.4. The number of alkyl halides is 1. The van der Waals surface area contributed by atoms with Crippen LogP contribution in [0, 0.1) is 5.92 Å². The Bertz CT molecular complexity index is 557. The lowest BCUT2D eigenvalue weighted by Gasteiger charge is -2.23. The molecule has 0 N–H and O–H groups in total. The predicted octanol–water partition coefficient (Wildman–Crippen LogP) is 11.2. The maximum Gasteiger partial charge on any atom is 0.305 e. The molecule has 238 valence electrons. The molecule has 40 heavy (non-hydrogen) atoms. The molecule has 0 saturated carbocycles. The Kier molecular flexibility index (Phi) is 30.9. The maximum atomic E-state index is 12.9. The van der Waals surface area contributed by atoms with Crippen molar-refractivity contribution in [1.29, 1.82) is 0 Å². The lowest BCUT2D eigenvalue weighted by Crippen LogP contribution is -2.32. The average molecular weight is 631 g/mol. The number of rotatable bonds is 31. The predicted molar refractivity (Wildman–Crippen MR) is 177 cm³/mol. The van der Waals surface area contributed by atoms with Gasteiger partial charge < -0.3 is 9.64 Å². The molecule has 5 heteroatoms. The molecule has 1 unspecified atom stereocenters. The van der Waals surface area contributed by atoms with Gasteiger partial charge in [-0.1, -0.05) is 139 Å². The lowest BCUT2D eigenvalue weighted by atomic mass is 9.95. The zero-order chi connectivity index (χ0) is 29.5. The van der Waals surface area contributed by atoms with Gasteiger partial charge in [-0.3, -0.25) is 9.59 Å². The van der Waals surface area contributed by atoms with Crippen LogP contribution in [-0.4, -0.2) is 41.8 Å². The van der Waals surface area contributed by atoms with E-state index in [4.69, 9.17) is 4.74 Å². The smallest absolute Gasteiger partial charge is 0.305 e. The second-order valence-corrected chi connectivity index (χ2v) is 12.9. The van der Waals surface area contributed by atoms with E-state index < -0.39 is 0 Å². The van der Waals surface area contributed by atoms with E-state index in [1.165, 1.54) is 109 Å². The fourth-order valence-corrected chi connectivity index (χ4v) is 5.79. The first-order valence-corrected chi connectivity index (χ1v) is 18.7. The highest BCUT2D eigenvalue weighted by atomic mass is 79.9. The molecule has 0 rings (SSSR count). The quantitative estimate of drug-likeness (QED) is 0.0435. The van der Waals surface area contributed by atoms with Crippen LogP contribution in [-0.2, 0) is 14.3 Å². The van der Waals surface area contributed by atoms with Crippen LogP contribution in [0.5, 0.6) is 0 Å². The molecule has 4 nitrogen and oxygen atoms in total. The van der Waals surface area contributed by atoms with Crippen LogP contribution in [0.15, 0.2) is 0 Å². The third kappa shape index (κ3) is 26.3. The van der Waals surface area contributed by atoms with Gasteiger partial charge in [-0.05, 0) is 50.9 Å². The monoisotopic (exact) mass is 629 g/mol. The Balaban J connectivity index is 4.31. The summed E-state index contributed by atoms with van der Waals surface area (Å²) in [6.45, 7) is 9.08. The zero-order valence-corrected chi connectivity index (χ0v) is 28.7. The van der Waals surface area contributed by atoms with Gasteiger partial charge in [-0.2, -0.15) is 0 Å². The van der Waals surface area contributed by atoms with E-state index in [1.54, 1.807) is 0 Å². The van der Waals surface area contributed by atoms with Crippen molar-refractivity contribution in [1.82, 2.24) is 4.90 Å². The summed E-state index contributed by atoms with van der Waals surface area (Å²) in [7, 11) is 0. The molecular formula is C35H68BrNO3. The van der Waals surface area contributed by atoms with E-state index in [-0.39, 0.29) is 5.97 Å².